The Labute approximate surface area is 173 Å². The number of phenols is 1. The number of amides is 2. The molecular formula is C20H25N5O5. The van der Waals surface area contributed by atoms with Crippen LogP contribution in [-0.4, -0.2) is 62.6 Å². The van der Waals surface area contributed by atoms with E-state index in [1.165, 1.54) is 24.7 Å². The molecule has 3 rings (SSSR count). The van der Waals surface area contributed by atoms with Gasteiger partial charge in [0.15, 0.2) is 0 Å². The fraction of sp³-hybridized carbons (Fsp3) is 0.400. The molecule has 0 aliphatic carbocycles. The standard InChI is InChI=1S/C20H25N5O5/c26-14-5-3-12(4-6-14)8-16(24-18(27)15-2-1-7-22-15)19(28)25-17(20(29)30)9-13-10-21-11-23-13/h3-6,10-11,15-17,22,26H,1-2,7-9H2,(H,21,23)(H,24,27)(H,25,28)(H,29,30). The number of carboxylic acids is 1. The molecule has 6 N–H and O–H groups in total. The molecule has 0 saturated carbocycles. The van der Waals surface area contributed by atoms with Crippen molar-refractivity contribution in [2.24, 2.45) is 0 Å². The summed E-state index contributed by atoms with van der Waals surface area (Å²) in [7, 11) is 0. The summed E-state index contributed by atoms with van der Waals surface area (Å²) in [4.78, 5) is 43.8. The largest absolute Gasteiger partial charge is 0.508 e. The molecular weight excluding hydrogens is 390 g/mol. The second kappa shape index (κ2) is 9.88. The molecule has 2 amide bonds. The molecule has 1 aromatic heterocycles. The minimum absolute atomic E-state index is 0.0329. The van der Waals surface area contributed by atoms with E-state index in [4.69, 9.17) is 0 Å². The van der Waals surface area contributed by atoms with Gasteiger partial charge in [-0.25, -0.2) is 9.78 Å². The number of aromatic nitrogens is 2. The van der Waals surface area contributed by atoms with Gasteiger partial charge < -0.3 is 31.1 Å². The number of carbonyl (C=O) groups excluding carboxylic acids is 2. The molecule has 10 nitrogen and oxygen atoms in total. The lowest BCUT2D eigenvalue weighted by atomic mass is 10.0. The summed E-state index contributed by atoms with van der Waals surface area (Å²) < 4.78 is 0. The average Bonchev–Trinajstić information content (AvgIpc) is 3.42. The van der Waals surface area contributed by atoms with Crippen molar-refractivity contribution in [1.82, 2.24) is 25.9 Å². The van der Waals surface area contributed by atoms with Gasteiger partial charge in [0, 0.05) is 24.7 Å². The van der Waals surface area contributed by atoms with Gasteiger partial charge in [-0.05, 0) is 37.1 Å². The first-order valence-corrected chi connectivity index (χ1v) is 9.74. The minimum atomic E-state index is -1.19. The third-order valence-electron chi connectivity index (χ3n) is 4.98. The van der Waals surface area contributed by atoms with E-state index in [-0.39, 0.29) is 30.5 Å². The predicted molar refractivity (Wildman–Crippen MR) is 107 cm³/mol. The lowest BCUT2D eigenvalue weighted by Crippen LogP contribution is -2.55. The Balaban J connectivity index is 1.72. The number of H-pyrrole nitrogens is 1. The van der Waals surface area contributed by atoms with Gasteiger partial charge in [-0.1, -0.05) is 12.1 Å². The third kappa shape index (κ3) is 5.80. The molecule has 1 saturated heterocycles. The van der Waals surface area contributed by atoms with Crippen LogP contribution in [0.3, 0.4) is 0 Å². The highest BCUT2D eigenvalue weighted by Crippen LogP contribution is 2.13. The second-order valence-corrected chi connectivity index (χ2v) is 7.26. The predicted octanol–water partition coefficient (Wildman–Crippen LogP) is -0.293. The van der Waals surface area contributed by atoms with E-state index in [0.29, 0.717) is 17.7 Å². The van der Waals surface area contributed by atoms with Crippen molar-refractivity contribution in [2.75, 3.05) is 6.54 Å². The lowest BCUT2D eigenvalue weighted by Gasteiger charge is -2.23. The van der Waals surface area contributed by atoms with Crippen LogP contribution in [0.4, 0.5) is 0 Å². The van der Waals surface area contributed by atoms with E-state index in [1.807, 2.05) is 0 Å². The summed E-state index contributed by atoms with van der Waals surface area (Å²) in [5.74, 6) is -2.00. The van der Waals surface area contributed by atoms with Gasteiger partial charge in [0.2, 0.25) is 11.8 Å². The summed E-state index contributed by atoms with van der Waals surface area (Å²) in [6.45, 7) is 0.734. The van der Waals surface area contributed by atoms with Crippen LogP contribution < -0.4 is 16.0 Å². The average molecular weight is 415 g/mol. The molecule has 1 aliphatic heterocycles. The highest BCUT2D eigenvalue weighted by molar-refractivity contribution is 5.92. The van der Waals surface area contributed by atoms with Crippen LogP contribution in [0.2, 0.25) is 0 Å². The number of aromatic hydroxyl groups is 1. The normalized spacial score (nSPS) is 17.8. The first-order valence-electron chi connectivity index (χ1n) is 9.74. The zero-order chi connectivity index (χ0) is 21.5. The van der Waals surface area contributed by atoms with Crippen molar-refractivity contribution in [3.63, 3.8) is 0 Å². The Morgan fingerprint density at radius 1 is 1.13 bits per heavy atom. The molecule has 1 aliphatic rings. The number of hydrogen-bond donors (Lipinski definition) is 6. The Hall–Kier alpha value is -3.40. The van der Waals surface area contributed by atoms with Crippen LogP contribution in [0.1, 0.15) is 24.1 Å². The van der Waals surface area contributed by atoms with Crippen molar-refractivity contribution in [3.05, 3.63) is 48.0 Å². The van der Waals surface area contributed by atoms with Crippen molar-refractivity contribution in [2.45, 2.75) is 43.8 Å². The van der Waals surface area contributed by atoms with E-state index in [9.17, 15) is 24.6 Å². The first-order chi connectivity index (χ1) is 14.4. The van der Waals surface area contributed by atoms with E-state index in [1.54, 1.807) is 12.1 Å². The number of nitrogens with one attached hydrogen (secondary N) is 4. The number of rotatable bonds is 9. The van der Waals surface area contributed by atoms with Gasteiger partial charge in [-0.15, -0.1) is 0 Å². The number of carbonyl (C=O) groups is 3. The number of aliphatic carboxylic acids is 1. The summed E-state index contributed by atoms with van der Waals surface area (Å²) in [5, 5.41) is 27.3. The van der Waals surface area contributed by atoms with E-state index in [0.717, 1.165) is 13.0 Å². The molecule has 2 aromatic rings. The van der Waals surface area contributed by atoms with Crippen LogP contribution >= 0.6 is 0 Å². The molecule has 0 spiro atoms. The van der Waals surface area contributed by atoms with Crippen LogP contribution in [0.25, 0.3) is 0 Å². The molecule has 10 heteroatoms. The summed E-state index contributed by atoms with van der Waals surface area (Å²) >= 11 is 0. The van der Waals surface area contributed by atoms with Crippen LogP contribution in [0.15, 0.2) is 36.8 Å². The van der Waals surface area contributed by atoms with Gasteiger partial charge in [0.1, 0.15) is 17.8 Å². The maximum absolute atomic E-state index is 12.9. The number of nitrogens with zero attached hydrogens (tertiary/aromatic N) is 1. The first kappa shape index (κ1) is 21.3. The lowest BCUT2D eigenvalue weighted by molar-refractivity contribution is -0.142. The number of carboxylic acid groups (broad SMARTS) is 1. The van der Waals surface area contributed by atoms with Gasteiger partial charge in [0.05, 0.1) is 12.4 Å². The molecule has 3 atom stereocenters. The van der Waals surface area contributed by atoms with Gasteiger partial charge >= 0.3 is 5.97 Å². The molecule has 0 bridgehead atoms. The SMILES string of the molecule is O=C(O)C(Cc1cnc[nH]1)NC(=O)C(Cc1ccc(O)cc1)NC(=O)C1CCCN1. The Morgan fingerprint density at radius 2 is 1.90 bits per heavy atom. The highest BCUT2D eigenvalue weighted by Gasteiger charge is 2.30. The molecule has 1 fully saturated rings. The van der Waals surface area contributed by atoms with Crippen molar-refractivity contribution in [3.8, 4) is 5.75 Å². The fourth-order valence-corrected chi connectivity index (χ4v) is 3.35. The zero-order valence-electron chi connectivity index (χ0n) is 16.3. The van der Waals surface area contributed by atoms with Crippen molar-refractivity contribution in [1.29, 1.82) is 0 Å². The molecule has 160 valence electrons. The number of hydrogen-bond acceptors (Lipinski definition) is 6. The Bertz CT molecular complexity index is 862. The minimum Gasteiger partial charge on any atom is -0.508 e. The smallest absolute Gasteiger partial charge is 0.326 e. The molecule has 30 heavy (non-hydrogen) atoms. The molecule has 1 aromatic carbocycles. The van der Waals surface area contributed by atoms with E-state index >= 15 is 0 Å². The van der Waals surface area contributed by atoms with Gasteiger partial charge in [-0.2, -0.15) is 0 Å². The molecule has 0 radical (unpaired) electrons. The molecule has 3 unspecified atom stereocenters. The quantitative estimate of drug-likeness (QED) is 0.328. The van der Waals surface area contributed by atoms with Gasteiger partial charge in [0.25, 0.3) is 0 Å². The maximum atomic E-state index is 12.9. The monoisotopic (exact) mass is 415 g/mol. The van der Waals surface area contributed by atoms with Crippen LogP contribution in [0, 0.1) is 0 Å². The van der Waals surface area contributed by atoms with E-state index < -0.39 is 24.0 Å². The fourth-order valence-electron chi connectivity index (χ4n) is 3.35. The maximum Gasteiger partial charge on any atom is 0.326 e. The van der Waals surface area contributed by atoms with Crippen LogP contribution in [-0.2, 0) is 27.2 Å². The number of phenolic OH excluding ortho intramolecular Hbond substituents is 1. The van der Waals surface area contributed by atoms with E-state index in [2.05, 4.69) is 25.9 Å². The summed E-state index contributed by atoms with van der Waals surface area (Å²) in [6.07, 6.45) is 4.66. The Morgan fingerprint density at radius 3 is 2.50 bits per heavy atom. The highest BCUT2D eigenvalue weighted by atomic mass is 16.4. The molecule has 2 heterocycles. The number of aromatic amines is 1. The number of benzene rings is 1. The summed E-state index contributed by atoms with van der Waals surface area (Å²) in [6, 6.07) is 3.76. The topological polar surface area (TPSA) is 156 Å². The third-order valence-corrected chi connectivity index (χ3v) is 4.98. The number of imidazole rings is 1. The zero-order valence-corrected chi connectivity index (χ0v) is 16.3. The van der Waals surface area contributed by atoms with Crippen LogP contribution in [0.5, 0.6) is 5.75 Å². The van der Waals surface area contributed by atoms with Gasteiger partial charge in [-0.3, -0.25) is 9.59 Å². The Kier molecular flexibility index (Phi) is 7.02. The second-order valence-electron chi connectivity index (χ2n) is 7.26. The van der Waals surface area contributed by atoms with Crippen molar-refractivity contribution >= 4 is 17.8 Å². The van der Waals surface area contributed by atoms with Crippen molar-refractivity contribution < 1.29 is 24.6 Å². The summed E-state index contributed by atoms with van der Waals surface area (Å²) in [5.41, 5.74) is 1.28.